The van der Waals surface area contributed by atoms with Gasteiger partial charge in [0.15, 0.2) is 5.16 Å². The number of hydrogen-bond acceptors (Lipinski definition) is 4. The van der Waals surface area contributed by atoms with Crippen molar-refractivity contribution in [3.63, 3.8) is 0 Å². The lowest BCUT2D eigenvalue weighted by atomic mass is 10.2. The standard InChI is InChI=1S/C15H15N3OS/c1-9-3-4-12-13(5-9)18-15(17-12)20-14-10(2)6-11(8-19)7-16-14/h3-7,19H,8H2,1-2H3,(H,17,18). The molecule has 102 valence electrons. The van der Waals surface area contributed by atoms with Gasteiger partial charge in [-0.2, -0.15) is 0 Å². The molecule has 1 aromatic carbocycles. The maximum absolute atomic E-state index is 9.10. The molecule has 3 aromatic rings. The number of H-pyrrole nitrogens is 1. The number of aromatic nitrogens is 3. The monoisotopic (exact) mass is 285 g/mol. The van der Waals surface area contributed by atoms with E-state index in [0.717, 1.165) is 32.3 Å². The summed E-state index contributed by atoms with van der Waals surface area (Å²) in [7, 11) is 0. The Morgan fingerprint density at radius 1 is 1.25 bits per heavy atom. The molecule has 0 saturated heterocycles. The molecule has 2 heterocycles. The number of aryl methyl sites for hydroxylation is 2. The highest BCUT2D eigenvalue weighted by Gasteiger charge is 2.08. The summed E-state index contributed by atoms with van der Waals surface area (Å²) in [6, 6.07) is 8.10. The Hall–Kier alpha value is -1.85. The van der Waals surface area contributed by atoms with Gasteiger partial charge in [0.05, 0.1) is 17.6 Å². The summed E-state index contributed by atoms with van der Waals surface area (Å²) in [5.41, 5.74) is 5.07. The number of rotatable bonds is 3. The molecule has 0 fully saturated rings. The number of pyridine rings is 1. The van der Waals surface area contributed by atoms with E-state index in [0.29, 0.717) is 0 Å². The van der Waals surface area contributed by atoms with Crippen LogP contribution in [0.1, 0.15) is 16.7 Å². The summed E-state index contributed by atoms with van der Waals surface area (Å²) in [4.78, 5) is 12.2. The second-order valence-corrected chi connectivity index (χ2v) is 5.77. The molecule has 0 radical (unpaired) electrons. The minimum absolute atomic E-state index is 0.0166. The predicted molar refractivity (Wildman–Crippen MR) is 79.9 cm³/mol. The maximum atomic E-state index is 9.10. The molecule has 0 unspecified atom stereocenters. The van der Waals surface area contributed by atoms with Crippen molar-refractivity contribution in [3.05, 3.63) is 47.2 Å². The number of fused-ring (bicyclic) bond motifs is 1. The van der Waals surface area contributed by atoms with Gasteiger partial charge < -0.3 is 10.1 Å². The van der Waals surface area contributed by atoms with E-state index in [9.17, 15) is 0 Å². The Morgan fingerprint density at radius 3 is 2.85 bits per heavy atom. The fourth-order valence-corrected chi connectivity index (χ4v) is 2.87. The third kappa shape index (κ3) is 2.55. The Kier molecular flexibility index (Phi) is 3.46. The summed E-state index contributed by atoms with van der Waals surface area (Å²) < 4.78 is 0. The Morgan fingerprint density at radius 2 is 2.10 bits per heavy atom. The second-order valence-electron chi connectivity index (χ2n) is 4.79. The predicted octanol–water partition coefficient (Wildman–Crippen LogP) is 3.22. The van der Waals surface area contributed by atoms with E-state index in [1.165, 1.54) is 17.3 Å². The lowest BCUT2D eigenvalue weighted by Gasteiger charge is -2.03. The van der Waals surface area contributed by atoms with Crippen molar-refractivity contribution in [1.82, 2.24) is 15.0 Å². The first-order valence-corrected chi connectivity index (χ1v) is 7.18. The molecule has 0 atom stereocenters. The van der Waals surface area contributed by atoms with E-state index in [1.54, 1.807) is 6.20 Å². The fraction of sp³-hybridized carbons (Fsp3) is 0.200. The molecular weight excluding hydrogens is 270 g/mol. The van der Waals surface area contributed by atoms with Crippen LogP contribution in [0.2, 0.25) is 0 Å². The van der Waals surface area contributed by atoms with Gasteiger partial charge in [-0.25, -0.2) is 9.97 Å². The number of aliphatic hydroxyl groups is 1. The highest BCUT2D eigenvalue weighted by atomic mass is 32.2. The first kappa shape index (κ1) is 13.1. The highest BCUT2D eigenvalue weighted by molar-refractivity contribution is 7.99. The summed E-state index contributed by atoms with van der Waals surface area (Å²) >= 11 is 1.51. The van der Waals surface area contributed by atoms with Crippen LogP contribution in [0.3, 0.4) is 0 Å². The smallest absolute Gasteiger partial charge is 0.172 e. The molecule has 0 amide bonds. The van der Waals surface area contributed by atoms with Crippen molar-refractivity contribution in [2.24, 2.45) is 0 Å². The Balaban J connectivity index is 1.92. The molecule has 0 bridgehead atoms. The van der Waals surface area contributed by atoms with Gasteiger partial charge in [-0.15, -0.1) is 0 Å². The van der Waals surface area contributed by atoms with Crippen LogP contribution in [-0.4, -0.2) is 20.1 Å². The maximum Gasteiger partial charge on any atom is 0.172 e. The van der Waals surface area contributed by atoms with E-state index in [1.807, 2.05) is 19.1 Å². The fourth-order valence-electron chi connectivity index (χ4n) is 2.05. The summed E-state index contributed by atoms with van der Waals surface area (Å²) in [5, 5.41) is 10.8. The van der Waals surface area contributed by atoms with Crippen molar-refractivity contribution in [3.8, 4) is 0 Å². The van der Waals surface area contributed by atoms with Crippen LogP contribution in [0.25, 0.3) is 11.0 Å². The zero-order valence-corrected chi connectivity index (χ0v) is 12.2. The van der Waals surface area contributed by atoms with Crippen LogP contribution in [-0.2, 0) is 6.61 Å². The molecule has 4 nitrogen and oxygen atoms in total. The molecule has 0 spiro atoms. The molecular formula is C15H15N3OS. The molecule has 0 aliphatic rings. The molecule has 5 heteroatoms. The Bertz CT molecular complexity index is 767. The number of aliphatic hydroxyl groups excluding tert-OH is 1. The molecule has 2 aromatic heterocycles. The van der Waals surface area contributed by atoms with Crippen LogP contribution >= 0.6 is 11.8 Å². The van der Waals surface area contributed by atoms with E-state index in [-0.39, 0.29) is 6.61 Å². The highest BCUT2D eigenvalue weighted by Crippen LogP contribution is 2.28. The largest absolute Gasteiger partial charge is 0.392 e. The van der Waals surface area contributed by atoms with Crippen molar-refractivity contribution in [2.75, 3.05) is 0 Å². The summed E-state index contributed by atoms with van der Waals surface area (Å²) in [6.07, 6.45) is 1.70. The van der Waals surface area contributed by atoms with Gasteiger partial charge in [-0.05, 0) is 60.5 Å². The van der Waals surface area contributed by atoms with E-state index in [2.05, 4.69) is 34.0 Å². The van der Waals surface area contributed by atoms with Gasteiger partial charge in [0, 0.05) is 6.20 Å². The quantitative estimate of drug-likeness (QED) is 0.775. The van der Waals surface area contributed by atoms with Crippen LogP contribution < -0.4 is 0 Å². The van der Waals surface area contributed by atoms with Crippen LogP contribution in [0.15, 0.2) is 40.6 Å². The molecule has 0 aliphatic carbocycles. The van der Waals surface area contributed by atoms with Crippen LogP contribution in [0.5, 0.6) is 0 Å². The SMILES string of the molecule is Cc1ccc2nc(Sc3ncc(CO)cc3C)[nH]c2c1. The number of nitrogens with zero attached hydrogens (tertiary/aromatic N) is 2. The van der Waals surface area contributed by atoms with Gasteiger partial charge in [0.1, 0.15) is 5.03 Å². The normalized spacial score (nSPS) is 11.2. The molecule has 3 rings (SSSR count). The van der Waals surface area contributed by atoms with E-state index in [4.69, 9.17) is 5.11 Å². The zero-order chi connectivity index (χ0) is 14.1. The second kappa shape index (κ2) is 5.26. The molecule has 0 aliphatic heterocycles. The zero-order valence-electron chi connectivity index (χ0n) is 11.3. The summed E-state index contributed by atoms with van der Waals surface area (Å²) in [5.74, 6) is 0. The van der Waals surface area contributed by atoms with E-state index < -0.39 is 0 Å². The van der Waals surface area contributed by atoms with Crippen LogP contribution in [0, 0.1) is 13.8 Å². The van der Waals surface area contributed by atoms with Crippen molar-refractivity contribution >= 4 is 22.8 Å². The topological polar surface area (TPSA) is 61.8 Å². The average molecular weight is 285 g/mol. The van der Waals surface area contributed by atoms with Gasteiger partial charge >= 0.3 is 0 Å². The molecule has 20 heavy (non-hydrogen) atoms. The molecule has 2 N–H and O–H groups in total. The van der Waals surface area contributed by atoms with Gasteiger partial charge in [-0.3, -0.25) is 0 Å². The lowest BCUT2D eigenvalue weighted by molar-refractivity contribution is 0.281. The van der Waals surface area contributed by atoms with Crippen molar-refractivity contribution in [2.45, 2.75) is 30.6 Å². The van der Waals surface area contributed by atoms with Crippen molar-refractivity contribution in [1.29, 1.82) is 0 Å². The number of nitrogens with one attached hydrogen (secondary N) is 1. The third-order valence-electron chi connectivity index (χ3n) is 3.08. The average Bonchev–Trinajstić information content (AvgIpc) is 2.82. The first-order valence-electron chi connectivity index (χ1n) is 6.36. The Labute approximate surface area is 121 Å². The van der Waals surface area contributed by atoms with Gasteiger partial charge in [0.2, 0.25) is 0 Å². The van der Waals surface area contributed by atoms with Crippen LogP contribution in [0.4, 0.5) is 0 Å². The minimum Gasteiger partial charge on any atom is -0.392 e. The number of imidazole rings is 1. The number of hydrogen-bond donors (Lipinski definition) is 2. The minimum atomic E-state index is 0.0166. The number of aromatic amines is 1. The van der Waals surface area contributed by atoms with Gasteiger partial charge in [-0.1, -0.05) is 6.07 Å². The third-order valence-corrected chi connectivity index (χ3v) is 4.09. The van der Waals surface area contributed by atoms with Crippen molar-refractivity contribution < 1.29 is 5.11 Å². The summed E-state index contributed by atoms with van der Waals surface area (Å²) in [6.45, 7) is 4.07. The van der Waals surface area contributed by atoms with E-state index >= 15 is 0 Å². The van der Waals surface area contributed by atoms with Gasteiger partial charge in [0.25, 0.3) is 0 Å². The number of benzene rings is 1. The molecule has 0 saturated carbocycles. The first-order chi connectivity index (χ1) is 9.65. The lowest BCUT2D eigenvalue weighted by Crippen LogP contribution is -1.91.